The highest BCUT2D eigenvalue weighted by molar-refractivity contribution is 5.31. The fraction of sp³-hybridized carbons (Fsp3) is 0.455. The molecule has 0 heterocycles. The Kier molecular flexibility index (Phi) is 3.78. The molecule has 17 heavy (non-hydrogen) atoms. The molecule has 1 atom stereocenters. The van der Waals surface area contributed by atoms with E-state index >= 15 is 0 Å². The van der Waals surface area contributed by atoms with Crippen molar-refractivity contribution in [3.63, 3.8) is 0 Å². The number of hydrogen-bond acceptors (Lipinski definition) is 2. The third kappa shape index (κ3) is 3.17. The zero-order valence-electron chi connectivity index (χ0n) is 9.44. The van der Waals surface area contributed by atoms with Crippen LogP contribution in [0.15, 0.2) is 18.2 Å². The standard InChI is InChI=1S/C11H13F4NO/c1-10(16,6-17-2)7-3-4-9(12)8(5-7)11(13,14)15/h3-5H,6,16H2,1-2H3. The van der Waals surface area contributed by atoms with Crippen LogP contribution in [0.3, 0.4) is 0 Å². The molecule has 1 unspecified atom stereocenters. The number of hydrogen-bond donors (Lipinski definition) is 1. The predicted octanol–water partition coefficient (Wildman–Crippen LogP) is 2.66. The highest BCUT2D eigenvalue weighted by Crippen LogP contribution is 2.33. The van der Waals surface area contributed by atoms with Crippen molar-refractivity contribution < 1.29 is 22.3 Å². The van der Waals surface area contributed by atoms with Crippen LogP contribution in [-0.2, 0) is 16.5 Å². The van der Waals surface area contributed by atoms with E-state index in [1.54, 1.807) is 0 Å². The molecule has 96 valence electrons. The Bertz CT molecular complexity index is 401. The molecule has 1 aromatic carbocycles. The summed E-state index contributed by atoms with van der Waals surface area (Å²) >= 11 is 0. The zero-order chi connectivity index (χ0) is 13.3. The van der Waals surface area contributed by atoms with E-state index in [2.05, 4.69) is 0 Å². The van der Waals surface area contributed by atoms with Crippen LogP contribution >= 0.6 is 0 Å². The van der Waals surface area contributed by atoms with Crippen LogP contribution in [0.25, 0.3) is 0 Å². The van der Waals surface area contributed by atoms with E-state index in [0.717, 1.165) is 6.07 Å². The molecule has 0 aliphatic carbocycles. The Morgan fingerprint density at radius 3 is 2.35 bits per heavy atom. The van der Waals surface area contributed by atoms with Crippen molar-refractivity contribution in [3.05, 3.63) is 35.1 Å². The molecule has 0 aliphatic rings. The minimum Gasteiger partial charge on any atom is -0.382 e. The molecule has 0 fully saturated rings. The van der Waals surface area contributed by atoms with Crippen molar-refractivity contribution in [2.75, 3.05) is 13.7 Å². The van der Waals surface area contributed by atoms with Gasteiger partial charge in [0.2, 0.25) is 0 Å². The lowest BCUT2D eigenvalue weighted by Gasteiger charge is -2.25. The number of benzene rings is 1. The molecule has 1 rings (SSSR count). The normalized spacial score (nSPS) is 15.7. The molecule has 0 saturated heterocycles. The van der Waals surface area contributed by atoms with Crippen molar-refractivity contribution in [1.29, 1.82) is 0 Å². The topological polar surface area (TPSA) is 35.2 Å². The number of methoxy groups -OCH3 is 1. The van der Waals surface area contributed by atoms with E-state index in [4.69, 9.17) is 10.5 Å². The van der Waals surface area contributed by atoms with E-state index < -0.39 is 23.1 Å². The van der Waals surface area contributed by atoms with Crippen LogP contribution < -0.4 is 5.73 Å². The van der Waals surface area contributed by atoms with Gasteiger partial charge < -0.3 is 10.5 Å². The molecule has 0 amide bonds. The van der Waals surface area contributed by atoms with Crippen molar-refractivity contribution in [1.82, 2.24) is 0 Å². The molecular weight excluding hydrogens is 238 g/mol. The van der Waals surface area contributed by atoms with Crippen LogP contribution in [0.2, 0.25) is 0 Å². The lowest BCUT2D eigenvalue weighted by atomic mass is 9.92. The van der Waals surface area contributed by atoms with Crippen LogP contribution in [-0.4, -0.2) is 13.7 Å². The van der Waals surface area contributed by atoms with Crippen molar-refractivity contribution in [2.24, 2.45) is 5.73 Å². The van der Waals surface area contributed by atoms with Gasteiger partial charge in [-0.3, -0.25) is 0 Å². The first-order chi connectivity index (χ1) is 7.68. The van der Waals surface area contributed by atoms with Gasteiger partial charge in [0.25, 0.3) is 0 Å². The Labute approximate surface area is 96.4 Å². The fourth-order valence-corrected chi connectivity index (χ4v) is 1.48. The molecule has 2 N–H and O–H groups in total. The van der Waals surface area contributed by atoms with E-state index in [-0.39, 0.29) is 12.2 Å². The van der Waals surface area contributed by atoms with E-state index in [0.29, 0.717) is 6.07 Å². The smallest absolute Gasteiger partial charge is 0.382 e. The molecule has 0 saturated carbocycles. The number of halogens is 4. The SMILES string of the molecule is COCC(C)(N)c1ccc(F)c(C(F)(F)F)c1. The number of alkyl halides is 3. The van der Waals surface area contributed by atoms with Gasteiger partial charge in [-0.25, -0.2) is 4.39 Å². The minimum absolute atomic E-state index is 0.0376. The third-order valence-corrected chi connectivity index (χ3v) is 2.38. The van der Waals surface area contributed by atoms with Gasteiger partial charge in [0.1, 0.15) is 5.82 Å². The maximum Gasteiger partial charge on any atom is 0.419 e. The molecule has 1 aromatic rings. The first-order valence-electron chi connectivity index (χ1n) is 4.83. The number of ether oxygens (including phenoxy) is 1. The summed E-state index contributed by atoms with van der Waals surface area (Å²) in [7, 11) is 1.39. The second-order valence-corrected chi connectivity index (χ2v) is 4.04. The van der Waals surface area contributed by atoms with Crippen LogP contribution in [0.5, 0.6) is 0 Å². The summed E-state index contributed by atoms with van der Waals surface area (Å²) in [5, 5.41) is 0. The van der Waals surface area contributed by atoms with Gasteiger partial charge in [0.05, 0.1) is 17.7 Å². The maximum atomic E-state index is 13.0. The Balaban J connectivity index is 3.22. The molecule has 0 bridgehead atoms. The van der Waals surface area contributed by atoms with E-state index in [9.17, 15) is 17.6 Å². The molecule has 2 nitrogen and oxygen atoms in total. The summed E-state index contributed by atoms with van der Waals surface area (Å²) in [6.07, 6.45) is -4.73. The molecular formula is C11H13F4NO. The fourth-order valence-electron chi connectivity index (χ4n) is 1.48. The van der Waals surface area contributed by atoms with E-state index in [1.165, 1.54) is 20.1 Å². The molecule has 6 heteroatoms. The second kappa shape index (κ2) is 4.62. The minimum atomic E-state index is -4.73. The third-order valence-electron chi connectivity index (χ3n) is 2.38. The zero-order valence-corrected chi connectivity index (χ0v) is 9.44. The molecule has 0 aliphatic heterocycles. The summed E-state index contributed by atoms with van der Waals surface area (Å²) in [4.78, 5) is 0. The van der Waals surface area contributed by atoms with Gasteiger partial charge in [0, 0.05) is 7.11 Å². The van der Waals surface area contributed by atoms with Crippen LogP contribution in [0.4, 0.5) is 17.6 Å². The first-order valence-corrected chi connectivity index (χ1v) is 4.83. The Hall–Kier alpha value is -1.14. The van der Waals surface area contributed by atoms with Gasteiger partial charge in [-0.15, -0.1) is 0 Å². The highest BCUT2D eigenvalue weighted by Gasteiger charge is 2.35. The summed E-state index contributed by atoms with van der Waals surface area (Å²) in [5.74, 6) is -1.31. The van der Waals surface area contributed by atoms with Gasteiger partial charge in [-0.1, -0.05) is 6.07 Å². The quantitative estimate of drug-likeness (QED) is 0.838. The summed E-state index contributed by atoms with van der Waals surface area (Å²) in [6.45, 7) is 1.56. The van der Waals surface area contributed by atoms with Gasteiger partial charge in [-0.2, -0.15) is 13.2 Å². The average molecular weight is 251 g/mol. The first kappa shape index (κ1) is 13.9. The van der Waals surface area contributed by atoms with Gasteiger partial charge >= 0.3 is 6.18 Å². The van der Waals surface area contributed by atoms with Gasteiger partial charge in [-0.05, 0) is 24.6 Å². The molecule has 0 spiro atoms. The van der Waals surface area contributed by atoms with Crippen molar-refractivity contribution >= 4 is 0 Å². The second-order valence-electron chi connectivity index (χ2n) is 4.04. The summed E-state index contributed by atoms with van der Waals surface area (Å²) in [6, 6.07) is 2.71. The molecule has 0 aromatic heterocycles. The Morgan fingerprint density at radius 1 is 1.29 bits per heavy atom. The summed E-state index contributed by atoms with van der Waals surface area (Å²) in [5.41, 5.74) is 3.56. The highest BCUT2D eigenvalue weighted by atomic mass is 19.4. The molecule has 0 radical (unpaired) electrons. The summed E-state index contributed by atoms with van der Waals surface area (Å²) < 4.78 is 55.3. The number of nitrogens with two attached hydrogens (primary N) is 1. The lowest BCUT2D eigenvalue weighted by molar-refractivity contribution is -0.140. The predicted molar refractivity (Wildman–Crippen MR) is 54.8 cm³/mol. The lowest BCUT2D eigenvalue weighted by Crippen LogP contribution is -2.38. The van der Waals surface area contributed by atoms with Crippen LogP contribution in [0.1, 0.15) is 18.1 Å². The van der Waals surface area contributed by atoms with Gasteiger partial charge in [0.15, 0.2) is 0 Å². The Morgan fingerprint density at radius 2 is 1.88 bits per heavy atom. The average Bonchev–Trinajstić information content (AvgIpc) is 2.15. The van der Waals surface area contributed by atoms with Crippen molar-refractivity contribution in [3.8, 4) is 0 Å². The van der Waals surface area contributed by atoms with E-state index in [1.807, 2.05) is 0 Å². The monoisotopic (exact) mass is 251 g/mol. The van der Waals surface area contributed by atoms with Crippen molar-refractivity contribution in [2.45, 2.75) is 18.6 Å². The van der Waals surface area contributed by atoms with Crippen LogP contribution in [0, 0.1) is 5.82 Å². The number of rotatable bonds is 3. The maximum absolute atomic E-state index is 13.0. The largest absolute Gasteiger partial charge is 0.419 e.